The van der Waals surface area contributed by atoms with Gasteiger partial charge in [-0.15, -0.1) is 12.4 Å². The molecule has 0 radical (unpaired) electrons. The fourth-order valence-corrected chi connectivity index (χ4v) is 3.88. The number of amides is 1. The van der Waals surface area contributed by atoms with E-state index in [1.807, 2.05) is 4.90 Å². The van der Waals surface area contributed by atoms with E-state index in [9.17, 15) is 4.79 Å². The Morgan fingerprint density at radius 1 is 1.33 bits per heavy atom. The van der Waals surface area contributed by atoms with Crippen LogP contribution in [0.3, 0.4) is 0 Å². The van der Waals surface area contributed by atoms with Crippen LogP contribution in [-0.4, -0.2) is 34.9 Å². The fraction of sp³-hybridized carbons (Fsp3) is 0.526. The van der Waals surface area contributed by atoms with Crippen LogP contribution >= 0.6 is 12.4 Å². The van der Waals surface area contributed by atoms with E-state index in [0.29, 0.717) is 5.92 Å². The standard InChI is InChI=1S/C19H27N3O.ClH/c1-3-6-16(20)19(23)22-11-9-14(10-12-22)18-13(2)21-17-8-5-4-7-15(17)18;/h4-5,7-8,14,16,21H,3,6,9-12,20H2,1-2H3;1H. The molecule has 1 unspecified atom stereocenters. The fourth-order valence-electron chi connectivity index (χ4n) is 3.88. The topological polar surface area (TPSA) is 62.1 Å². The van der Waals surface area contributed by atoms with Gasteiger partial charge in [-0.2, -0.15) is 0 Å². The molecule has 1 saturated heterocycles. The van der Waals surface area contributed by atoms with Gasteiger partial charge in [-0.1, -0.05) is 31.5 Å². The highest BCUT2D eigenvalue weighted by Gasteiger charge is 2.28. The lowest BCUT2D eigenvalue weighted by molar-refractivity contribution is -0.133. The maximum Gasteiger partial charge on any atom is 0.239 e. The molecule has 1 aromatic carbocycles. The largest absolute Gasteiger partial charge is 0.358 e. The number of rotatable bonds is 4. The number of halogens is 1. The first kappa shape index (κ1) is 18.8. The summed E-state index contributed by atoms with van der Waals surface area (Å²) in [5.74, 6) is 0.651. The highest BCUT2D eigenvalue weighted by atomic mass is 35.5. The van der Waals surface area contributed by atoms with E-state index < -0.39 is 0 Å². The maximum absolute atomic E-state index is 12.4. The Hall–Kier alpha value is -1.52. The van der Waals surface area contributed by atoms with Gasteiger partial charge in [0.25, 0.3) is 0 Å². The molecule has 24 heavy (non-hydrogen) atoms. The number of benzene rings is 1. The van der Waals surface area contributed by atoms with Crippen LogP contribution in [0.4, 0.5) is 0 Å². The van der Waals surface area contributed by atoms with Crippen molar-refractivity contribution in [1.29, 1.82) is 0 Å². The van der Waals surface area contributed by atoms with Crippen molar-refractivity contribution in [2.45, 2.75) is 51.5 Å². The molecule has 0 saturated carbocycles. The molecular weight excluding hydrogens is 322 g/mol. The second-order valence-corrected chi connectivity index (χ2v) is 6.70. The molecule has 1 fully saturated rings. The number of aryl methyl sites for hydroxylation is 1. The van der Waals surface area contributed by atoms with Gasteiger partial charge in [0.05, 0.1) is 6.04 Å². The van der Waals surface area contributed by atoms with Crippen molar-refractivity contribution in [3.05, 3.63) is 35.5 Å². The summed E-state index contributed by atoms with van der Waals surface area (Å²) in [4.78, 5) is 17.8. The molecule has 0 bridgehead atoms. The summed E-state index contributed by atoms with van der Waals surface area (Å²) in [6.07, 6.45) is 3.78. The number of piperidine rings is 1. The molecular formula is C19H28ClN3O. The maximum atomic E-state index is 12.4. The number of carbonyl (C=O) groups is 1. The summed E-state index contributed by atoms with van der Waals surface area (Å²) in [5, 5.41) is 1.33. The van der Waals surface area contributed by atoms with Crippen molar-refractivity contribution < 1.29 is 4.79 Å². The van der Waals surface area contributed by atoms with Gasteiger partial charge in [0.2, 0.25) is 5.91 Å². The molecule has 0 spiro atoms. The monoisotopic (exact) mass is 349 g/mol. The van der Waals surface area contributed by atoms with Gasteiger partial charge in [0.15, 0.2) is 0 Å². The van der Waals surface area contributed by atoms with Crippen LogP contribution in [0.1, 0.15) is 49.8 Å². The van der Waals surface area contributed by atoms with Crippen molar-refractivity contribution in [3.63, 3.8) is 0 Å². The van der Waals surface area contributed by atoms with Crippen LogP contribution < -0.4 is 5.73 Å². The van der Waals surface area contributed by atoms with Crippen LogP contribution in [0.15, 0.2) is 24.3 Å². The number of carbonyl (C=O) groups excluding carboxylic acids is 1. The summed E-state index contributed by atoms with van der Waals surface area (Å²) in [5.41, 5.74) is 9.90. The highest BCUT2D eigenvalue weighted by molar-refractivity contribution is 5.86. The third-order valence-electron chi connectivity index (χ3n) is 5.08. The normalized spacial score (nSPS) is 16.9. The third-order valence-corrected chi connectivity index (χ3v) is 5.08. The number of likely N-dealkylation sites (tertiary alicyclic amines) is 1. The lowest BCUT2D eigenvalue weighted by Gasteiger charge is -2.34. The zero-order valence-corrected chi connectivity index (χ0v) is 15.4. The van der Waals surface area contributed by atoms with Gasteiger partial charge in [0.1, 0.15) is 0 Å². The summed E-state index contributed by atoms with van der Waals surface area (Å²) < 4.78 is 0. The smallest absolute Gasteiger partial charge is 0.239 e. The van der Waals surface area contributed by atoms with Crippen LogP contribution in [0, 0.1) is 6.92 Å². The summed E-state index contributed by atoms with van der Waals surface area (Å²) >= 11 is 0. The predicted molar refractivity (Wildman–Crippen MR) is 102 cm³/mol. The van der Waals surface area contributed by atoms with Crippen LogP contribution in [0.5, 0.6) is 0 Å². The summed E-state index contributed by atoms with van der Waals surface area (Å²) in [6, 6.07) is 8.17. The molecule has 1 aromatic heterocycles. The molecule has 2 aromatic rings. The van der Waals surface area contributed by atoms with E-state index in [-0.39, 0.29) is 24.4 Å². The molecule has 5 heteroatoms. The molecule has 3 N–H and O–H groups in total. The number of fused-ring (bicyclic) bond motifs is 1. The molecule has 2 heterocycles. The van der Waals surface area contributed by atoms with Gasteiger partial charge >= 0.3 is 0 Å². The average molecular weight is 350 g/mol. The number of para-hydroxylation sites is 1. The Morgan fingerprint density at radius 3 is 2.67 bits per heavy atom. The Balaban J connectivity index is 0.00000208. The molecule has 0 aliphatic carbocycles. The molecule has 1 atom stereocenters. The summed E-state index contributed by atoms with van der Waals surface area (Å²) in [7, 11) is 0. The zero-order chi connectivity index (χ0) is 16.4. The highest BCUT2D eigenvalue weighted by Crippen LogP contribution is 2.35. The zero-order valence-electron chi connectivity index (χ0n) is 14.5. The van der Waals surface area contributed by atoms with Crippen molar-refractivity contribution in [2.24, 2.45) is 5.73 Å². The number of H-pyrrole nitrogens is 1. The summed E-state index contributed by atoms with van der Waals surface area (Å²) in [6.45, 7) is 5.86. The van der Waals surface area contributed by atoms with E-state index in [0.717, 1.165) is 38.8 Å². The SMILES string of the molecule is CCCC(N)C(=O)N1CCC(c2c(C)[nH]c3ccccc23)CC1.Cl. The molecule has 4 nitrogen and oxygen atoms in total. The van der Waals surface area contributed by atoms with Gasteiger partial charge in [-0.3, -0.25) is 4.79 Å². The van der Waals surface area contributed by atoms with Crippen molar-refractivity contribution in [2.75, 3.05) is 13.1 Å². The van der Waals surface area contributed by atoms with Crippen molar-refractivity contribution in [1.82, 2.24) is 9.88 Å². The molecule has 1 aliphatic rings. The minimum absolute atomic E-state index is 0. The number of nitrogens with two attached hydrogens (primary N) is 1. The van der Waals surface area contributed by atoms with Gasteiger partial charge in [0, 0.05) is 29.7 Å². The minimum Gasteiger partial charge on any atom is -0.358 e. The number of nitrogens with one attached hydrogen (secondary N) is 1. The second-order valence-electron chi connectivity index (χ2n) is 6.70. The first-order valence-electron chi connectivity index (χ1n) is 8.73. The number of aromatic nitrogens is 1. The lowest BCUT2D eigenvalue weighted by atomic mass is 9.87. The van der Waals surface area contributed by atoms with E-state index >= 15 is 0 Å². The number of aromatic amines is 1. The van der Waals surface area contributed by atoms with Crippen molar-refractivity contribution >= 4 is 29.2 Å². The molecule has 3 rings (SSSR count). The molecule has 1 aliphatic heterocycles. The Kier molecular flexibility index (Phi) is 6.30. The lowest BCUT2D eigenvalue weighted by Crippen LogP contribution is -2.46. The Morgan fingerprint density at radius 2 is 2.00 bits per heavy atom. The first-order valence-corrected chi connectivity index (χ1v) is 8.73. The Labute approximate surface area is 150 Å². The van der Waals surface area contributed by atoms with Gasteiger partial charge in [-0.25, -0.2) is 0 Å². The molecule has 132 valence electrons. The number of hydrogen-bond acceptors (Lipinski definition) is 2. The van der Waals surface area contributed by atoms with E-state index in [1.165, 1.54) is 22.2 Å². The van der Waals surface area contributed by atoms with E-state index in [4.69, 9.17) is 5.73 Å². The van der Waals surface area contributed by atoms with Gasteiger partial charge < -0.3 is 15.6 Å². The molecule has 1 amide bonds. The third kappa shape index (κ3) is 3.60. The second kappa shape index (κ2) is 8.04. The Bertz CT molecular complexity index is 689. The first-order chi connectivity index (χ1) is 11.1. The average Bonchev–Trinajstić information content (AvgIpc) is 2.90. The quantitative estimate of drug-likeness (QED) is 0.883. The predicted octanol–water partition coefficient (Wildman–Crippen LogP) is 3.73. The van der Waals surface area contributed by atoms with Gasteiger partial charge in [-0.05, 0) is 43.7 Å². The van der Waals surface area contributed by atoms with Crippen LogP contribution in [0.25, 0.3) is 10.9 Å². The minimum atomic E-state index is -0.327. The van der Waals surface area contributed by atoms with E-state index in [2.05, 4.69) is 43.1 Å². The van der Waals surface area contributed by atoms with Crippen LogP contribution in [0.2, 0.25) is 0 Å². The van der Waals surface area contributed by atoms with Crippen molar-refractivity contribution in [3.8, 4) is 0 Å². The number of nitrogens with zero attached hydrogens (tertiary/aromatic N) is 1. The number of hydrogen-bond donors (Lipinski definition) is 2. The van der Waals surface area contributed by atoms with E-state index in [1.54, 1.807) is 0 Å². The van der Waals surface area contributed by atoms with Crippen LogP contribution in [-0.2, 0) is 4.79 Å².